The van der Waals surface area contributed by atoms with Crippen molar-refractivity contribution in [2.75, 3.05) is 18.5 Å². The fraction of sp³-hybridized carbons (Fsp3) is 0.357. The Balaban J connectivity index is 1.88. The van der Waals surface area contributed by atoms with Gasteiger partial charge in [-0.2, -0.15) is 0 Å². The largest absolute Gasteiger partial charge is 0.352 e. The van der Waals surface area contributed by atoms with Crippen LogP contribution < -0.4 is 10.2 Å². The van der Waals surface area contributed by atoms with E-state index in [1.54, 1.807) is 0 Å². The molecule has 0 bridgehead atoms. The third-order valence-electron chi connectivity index (χ3n) is 3.34. The highest BCUT2D eigenvalue weighted by Crippen LogP contribution is 2.28. The Morgan fingerprint density at radius 3 is 3.28 bits per heavy atom. The van der Waals surface area contributed by atoms with E-state index in [0.29, 0.717) is 0 Å². The Bertz CT molecular complexity index is 535. The maximum Gasteiger partial charge on any atom is 0.133 e. The Labute approximate surface area is 111 Å². The number of hydrogen-bond acceptors (Lipinski definition) is 4. The first-order valence-corrected chi connectivity index (χ1v) is 7.15. The Hall–Kier alpha value is -1.39. The molecule has 0 aromatic carbocycles. The number of anilines is 1. The van der Waals surface area contributed by atoms with E-state index < -0.39 is 0 Å². The average molecular weight is 259 g/mol. The van der Waals surface area contributed by atoms with Gasteiger partial charge in [0.25, 0.3) is 0 Å². The fourth-order valence-electron chi connectivity index (χ4n) is 2.47. The first-order chi connectivity index (χ1) is 8.88. The number of fused-ring (bicyclic) bond motifs is 1. The Kier molecular flexibility index (Phi) is 3.30. The van der Waals surface area contributed by atoms with E-state index in [-0.39, 0.29) is 0 Å². The van der Waals surface area contributed by atoms with E-state index in [4.69, 9.17) is 0 Å². The summed E-state index contributed by atoms with van der Waals surface area (Å²) in [5.74, 6) is 1.13. The standard InChI is InChI=1S/C14H17N3S/c1-15-9-11-3-2-6-16-14(11)17-7-4-13-12(10-17)5-8-18-13/h2-3,5-6,8,15H,4,7,9-10H2,1H3. The number of thiophene rings is 1. The van der Waals surface area contributed by atoms with Gasteiger partial charge in [0.2, 0.25) is 0 Å². The summed E-state index contributed by atoms with van der Waals surface area (Å²) in [4.78, 5) is 8.50. The molecule has 2 aromatic rings. The van der Waals surface area contributed by atoms with E-state index in [0.717, 1.165) is 31.9 Å². The highest BCUT2D eigenvalue weighted by atomic mass is 32.1. The first-order valence-electron chi connectivity index (χ1n) is 6.27. The first kappa shape index (κ1) is 11.7. The number of rotatable bonds is 3. The van der Waals surface area contributed by atoms with Crippen molar-refractivity contribution in [2.45, 2.75) is 19.5 Å². The van der Waals surface area contributed by atoms with Gasteiger partial charge >= 0.3 is 0 Å². The molecule has 0 radical (unpaired) electrons. The highest BCUT2D eigenvalue weighted by molar-refractivity contribution is 7.10. The monoisotopic (exact) mass is 259 g/mol. The molecule has 3 rings (SSSR count). The van der Waals surface area contributed by atoms with Crippen molar-refractivity contribution in [3.8, 4) is 0 Å². The lowest BCUT2D eigenvalue weighted by Crippen LogP contribution is -2.31. The summed E-state index contributed by atoms with van der Waals surface area (Å²) in [7, 11) is 1.98. The van der Waals surface area contributed by atoms with Crippen molar-refractivity contribution in [3.05, 3.63) is 45.8 Å². The number of pyridine rings is 1. The summed E-state index contributed by atoms with van der Waals surface area (Å²) >= 11 is 1.88. The lowest BCUT2D eigenvalue weighted by Gasteiger charge is -2.29. The van der Waals surface area contributed by atoms with Gasteiger partial charge in [-0.3, -0.25) is 0 Å². The zero-order chi connectivity index (χ0) is 12.4. The molecule has 3 heterocycles. The van der Waals surface area contributed by atoms with Crippen LogP contribution in [0.25, 0.3) is 0 Å². The van der Waals surface area contributed by atoms with Gasteiger partial charge in [-0.15, -0.1) is 11.3 Å². The van der Waals surface area contributed by atoms with Crippen LogP contribution in [0.3, 0.4) is 0 Å². The molecule has 2 aromatic heterocycles. The van der Waals surface area contributed by atoms with Gasteiger partial charge in [0.05, 0.1) is 0 Å². The molecule has 3 nitrogen and oxygen atoms in total. The number of aromatic nitrogens is 1. The fourth-order valence-corrected chi connectivity index (χ4v) is 3.36. The van der Waals surface area contributed by atoms with Crippen LogP contribution in [0.1, 0.15) is 16.0 Å². The molecule has 1 N–H and O–H groups in total. The molecule has 1 aliphatic rings. The summed E-state index contributed by atoms with van der Waals surface area (Å²) in [6.07, 6.45) is 3.03. The molecule has 1 aliphatic heterocycles. The number of nitrogens with zero attached hydrogens (tertiary/aromatic N) is 2. The SMILES string of the molecule is CNCc1cccnc1N1CCc2sccc2C1. The second-order valence-electron chi connectivity index (χ2n) is 4.56. The molecular formula is C14H17N3S. The molecule has 0 aliphatic carbocycles. The molecule has 4 heteroatoms. The van der Waals surface area contributed by atoms with Crippen LogP contribution in [0.15, 0.2) is 29.8 Å². The zero-order valence-corrected chi connectivity index (χ0v) is 11.3. The molecule has 94 valence electrons. The topological polar surface area (TPSA) is 28.2 Å². The van der Waals surface area contributed by atoms with Gasteiger partial charge in [0.15, 0.2) is 0 Å². The predicted octanol–water partition coefficient (Wildman–Crippen LogP) is 2.43. The second kappa shape index (κ2) is 5.08. The van der Waals surface area contributed by atoms with Gasteiger partial charge in [-0.1, -0.05) is 6.07 Å². The molecule has 0 saturated carbocycles. The van der Waals surface area contributed by atoms with Crippen molar-refractivity contribution in [1.82, 2.24) is 10.3 Å². The van der Waals surface area contributed by atoms with Gasteiger partial charge in [-0.25, -0.2) is 4.98 Å². The van der Waals surface area contributed by atoms with E-state index >= 15 is 0 Å². The number of hydrogen-bond donors (Lipinski definition) is 1. The molecule has 0 fully saturated rings. The smallest absolute Gasteiger partial charge is 0.133 e. The van der Waals surface area contributed by atoms with Gasteiger partial charge in [0.1, 0.15) is 5.82 Å². The summed E-state index contributed by atoms with van der Waals surface area (Å²) in [5.41, 5.74) is 2.74. The normalized spacial score (nSPS) is 14.6. The van der Waals surface area contributed by atoms with Crippen molar-refractivity contribution in [3.63, 3.8) is 0 Å². The lowest BCUT2D eigenvalue weighted by molar-refractivity contribution is 0.716. The van der Waals surface area contributed by atoms with E-state index in [1.165, 1.54) is 16.0 Å². The van der Waals surface area contributed by atoms with Gasteiger partial charge in [0, 0.05) is 36.3 Å². The highest BCUT2D eigenvalue weighted by Gasteiger charge is 2.19. The van der Waals surface area contributed by atoms with E-state index in [1.807, 2.05) is 30.6 Å². The van der Waals surface area contributed by atoms with Crippen LogP contribution in [0.2, 0.25) is 0 Å². The summed E-state index contributed by atoms with van der Waals surface area (Å²) < 4.78 is 0. The van der Waals surface area contributed by atoms with Crippen molar-refractivity contribution < 1.29 is 0 Å². The minimum atomic E-state index is 0.871. The average Bonchev–Trinajstić information content (AvgIpc) is 2.87. The zero-order valence-electron chi connectivity index (χ0n) is 10.5. The van der Waals surface area contributed by atoms with Crippen LogP contribution in [0.5, 0.6) is 0 Å². The van der Waals surface area contributed by atoms with E-state index in [9.17, 15) is 0 Å². The Morgan fingerprint density at radius 1 is 1.44 bits per heavy atom. The van der Waals surface area contributed by atoms with Crippen LogP contribution in [0, 0.1) is 0 Å². The van der Waals surface area contributed by atoms with Crippen LogP contribution in [0.4, 0.5) is 5.82 Å². The van der Waals surface area contributed by atoms with Gasteiger partial charge in [-0.05, 0) is 36.5 Å². The summed E-state index contributed by atoms with van der Waals surface area (Å²) in [6.45, 7) is 2.93. The summed E-state index contributed by atoms with van der Waals surface area (Å²) in [5, 5.41) is 5.41. The van der Waals surface area contributed by atoms with E-state index in [2.05, 4.69) is 32.7 Å². The maximum absolute atomic E-state index is 4.57. The number of nitrogens with one attached hydrogen (secondary N) is 1. The third-order valence-corrected chi connectivity index (χ3v) is 4.36. The minimum Gasteiger partial charge on any atom is -0.352 e. The molecule has 0 unspecified atom stereocenters. The molecule has 18 heavy (non-hydrogen) atoms. The molecule has 0 saturated heterocycles. The van der Waals surface area contributed by atoms with Gasteiger partial charge < -0.3 is 10.2 Å². The molecule has 0 spiro atoms. The second-order valence-corrected chi connectivity index (χ2v) is 5.56. The quantitative estimate of drug-likeness (QED) is 0.917. The van der Waals surface area contributed by atoms with Crippen LogP contribution in [-0.2, 0) is 19.5 Å². The third kappa shape index (κ3) is 2.13. The van der Waals surface area contributed by atoms with Crippen molar-refractivity contribution in [1.29, 1.82) is 0 Å². The lowest BCUT2D eigenvalue weighted by atomic mass is 10.1. The van der Waals surface area contributed by atoms with Crippen molar-refractivity contribution in [2.24, 2.45) is 0 Å². The van der Waals surface area contributed by atoms with Crippen molar-refractivity contribution >= 4 is 17.2 Å². The maximum atomic E-state index is 4.57. The molecule has 0 amide bonds. The Morgan fingerprint density at radius 2 is 2.39 bits per heavy atom. The molecule has 0 atom stereocenters. The molecular weight excluding hydrogens is 242 g/mol. The minimum absolute atomic E-state index is 0.871. The summed E-state index contributed by atoms with van der Waals surface area (Å²) in [6, 6.07) is 6.41. The van der Waals surface area contributed by atoms with Crippen LogP contribution >= 0.6 is 11.3 Å². The predicted molar refractivity (Wildman–Crippen MR) is 76.1 cm³/mol. The van der Waals surface area contributed by atoms with Crippen LogP contribution in [-0.4, -0.2) is 18.6 Å².